The summed E-state index contributed by atoms with van der Waals surface area (Å²) in [7, 11) is 0. The van der Waals surface area contributed by atoms with Gasteiger partial charge in [0.2, 0.25) is 0 Å². The van der Waals surface area contributed by atoms with E-state index in [0.717, 1.165) is 43.1 Å². The van der Waals surface area contributed by atoms with E-state index in [-0.39, 0.29) is 30.3 Å². The number of ketones is 1. The molecule has 2 heterocycles. The molecule has 1 amide bonds. The number of carbonyl (C=O) groups excluding carboxylic acids is 2. The number of amides is 1. The molecule has 0 saturated carbocycles. The monoisotopic (exact) mass is 488 g/mol. The van der Waals surface area contributed by atoms with E-state index in [2.05, 4.69) is 4.90 Å². The van der Waals surface area contributed by atoms with E-state index in [1.165, 1.54) is 6.07 Å². The van der Waals surface area contributed by atoms with Crippen LogP contribution in [-0.2, 0) is 18.0 Å². The van der Waals surface area contributed by atoms with Crippen LogP contribution in [0.2, 0.25) is 0 Å². The summed E-state index contributed by atoms with van der Waals surface area (Å²) in [5, 5.41) is 0. The van der Waals surface area contributed by atoms with Gasteiger partial charge in [-0.3, -0.25) is 14.5 Å². The molecule has 186 valence electrons. The van der Waals surface area contributed by atoms with E-state index in [9.17, 15) is 9.59 Å². The normalized spacial score (nSPS) is 17.5. The molecule has 2 aliphatic heterocycles. The summed E-state index contributed by atoms with van der Waals surface area (Å²) in [5.74, 6) is -2.08. The molecule has 0 unspecified atom stereocenters. The second-order valence-electron chi connectivity index (χ2n) is 9.25. The number of fused-ring (bicyclic) bond motifs is 1. The predicted octanol–water partition coefficient (Wildman–Crippen LogP) is 4.47. The zero-order valence-corrected chi connectivity index (χ0v) is 20.1. The third kappa shape index (κ3) is 5.41. The summed E-state index contributed by atoms with van der Waals surface area (Å²) in [6.45, 7) is 3.13. The minimum Gasteiger partial charge on any atom is -0.485 e. The number of halogens is 1. The zero-order chi connectivity index (χ0) is 24.9. The van der Waals surface area contributed by atoms with Gasteiger partial charge in [-0.15, -0.1) is 0 Å². The lowest BCUT2D eigenvalue weighted by Gasteiger charge is -2.37. The van der Waals surface area contributed by atoms with Crippen molar-refractivity contribution in [1.82, 2.24) is 9.80 Å². The van der Waals surface area contributed by atoms with Gasteiger partial charge in [-0.05, 0) is 42.6 Å². The van der Waals surface area contributed by atoms with Crippen LogP contribution in [0.4, 0.5) is 4.39 Å². The number of piperazine rings is 1. The topological polar surface area (TPSA) is 59.1 Å². The lowest BCUT2D eigenvalue weighted by Crippen LogP contribution is -2.53. The van der Waals surface area contributed by atoms with Crippen LogP contribution in [-0.4, -0.2) is 53.7 Å². The smallest absolute Gasteiger partial charge is 0.295 e. The molecule has 0 radical (unpaired) electrons. The Bertz CT molecular complexity index is 1220. The SMILES string of the molecule is O=C(C(=O)N1CCN2CCC[C@H]2C1)c1cc(F)c(OCc2ccccc2)c(OCc2ccccc2)c1. The molecule has 5 rings (SSSR count). The van der Waals surface area contributed by atoms with Gasteiger partial charge in [0.1, 0.15) is 13.2 Å². The molecule has 2 saturated heterocycles. The second-order valence-corrected chi connectivity index (χ2v) is 9.25. The van der Waals surface area contributed by atoms with Crippen molar-refractivity contribution in [2.45, 2.75) is 32.1 Å². The van der Waals surface area contributed by atoms with Crippen molar-refractivity contribution in [1.29, 1.82) is 0 Å². The Labute approximate surface area is 210 Å². The van der Waals surface area contributed by atoms with Crippen molar-refractivity contribution in [3.05, 3.63) is 95.3 Å². The van der Waals surface area contributed by atoms with E-state index >= 15 is 4.39 Å². The highest BCUT2D eigenvalue weighted by atomic mass is 19.1. The number of rotatable bonds is 8. The van der Waals surface area contributed by atoms with Crippen molar-refractivity contribution in [2.75, 3.05) is 26.2 Å². The summed E-state index contributed by atoms with van der Waals surface area (Å²) >= 11 is 0. The molecular formula is C29H29FN2O4. The maximum atomic E-state index is 15.3. The molecule has 0 N–H and O–H groups in total. The van der Waals surface area contributed by atoms with Crippen LogP contribution in [0.3, 0.4) is 0 Å². The van der Waals surface area contributed by atoms with Crippen LogP contribution < -0.4 is 9.47 Å². The zero-order valence-electron chi connectivity index (χ0n) is 20.1. The largest absolute Gasteiger partial charge is 0.485 e. The van der Waals surface area contributed by atoms with Gasteiger partial charge in [0, 0.05) is 31.2 Å². The Morgan fingerprint density at radius 2 is 1.53 bits per heavy atom. The lowest BCUT2D eigenvalue weighted by molar-refractivity contribution is -0.128. The Kier molecular flexibility index (Phi) is 7.28. The van der Waals surface area contributed by atoms with E-state index in [0.29, 0.717) is 19.1 Å². The summed E-state index contributed by atoms with van der Waals surface area (Å²) in [4.78, 5) is 30.1. The van der Waals surface area contributed by atoms with Crippen LogP contribution in [0.25, 0.3) is 0 Å². The van der Waals surface area contributed by atoms with E-state index in [4.69, 9.17) is 9.47 Å². The van der Waals surface area contributed by atoms with Crippen molar-refractivity contribution in [2.24, 2.45) is 0 Å². The Morgan fingerprint density at radius 3 is 2.22 bits per heavy atom. The second kappa shape index (κ2) is 10.9. The minimum absolute atomic E-state index is 0.0403. The number of benzene rings is 3. The first-order chi connectivity index (χ1) is 17.6. The average molecular weight is 489 g/mol. The molecule has 7 heteroatoms. The fraction of sp³-hybridized carbons (Fsp3) is 0.310. The summed E-state index contributed by atoms with van der Waals surface area (Å²) in [6.07, 6.45) is 2.13. The molecule has 6 nitrogen and oxygen atoms in total. The van der Waals surface area contributed by atoms with Gasteiger partial charge in [-0.1, -0.05) is 60.7 Å². The fourth-order valence-corrected chi connectivity index (χ4v) is 4.85. The van der Waals surface area contributed by atoms with Crippen LogP contribution in [0.15, 0.2) is 72.8 Å². The van der Waals surface area contributed by atoms with Crippen molar-refractivity contribution in [3.8, 4) is 11.5 Å². The Balaban J connectivity index is 1.37. The molecule has 3 aromatic carbocycles. The van der Waals surface area contributed by atoms with Gasteiger partial charge >= 0.3 is 0 Å². The van der Waals surface area contributed by atoms with Gasteiger partial charge in [-0.25, -0.2) is 4.39 Å². The molecule has 0 bridgehead atoms. The maximum absolute atomic E-state index is 15.3. The molecule has 0 spiro atoms. The van der Waals surface area contributed by atoms with Crippen LogP contribution >= 0.6 is 0 Å². The van der Waals surface area contributed by atoms with Crippen molar-refractivity contribution >= 4 is 11.7 Å². The lowest BCUT2D eigenvalue weighted by atomic mass is 10.1. The van der Waals surface area contributed by atoms with Crippen LogP contribution in [0, 0.1) is 5.82 Å². The first kappa shape index (κ1) is 24.0. The Morgan fingerprint density at radius 1 is 0.861 bits per heavy atom. The number of nitrogens with zero attached hydrogens (tertiary/aromatic N) is 2. The van der Waals surface area contributed by atoms with Gasteiger partial charge in [0.05, 0.1) is 0 Å². The number of hydrogen-bond acceptors (Lipinski definition) is 5. The van der Waals surface area contributed by atoms with E-state index in [1.807, 2.05) is 60.7 Å². The summed E-state index contributed by atoms with van der Waals surface area (Å²) in [6, 6.07) is 21.6. The quantitative estimate of drug-likeness (QED) is 0.346. The highest BCUT2D eigenvalue weighted by molar-refractivity contribution is 6.42. The number of ether oxygens (including phenoxy) is 2. The minimum atomic E-state index is -0.742. The molecule has 0 aliphatic carbocycles. The van der Waals surface area contributed by atoms with Gasteiger partial charge in [0.25, 0.3) is 11.7 Å². The average Bonchev–Trinajstić information content (AvgIpc) is 3.39. The molecule has 2 fully saturated rings. The van der Waals surface area contributed by atoms with E-state index < -0.39 is 17.5 Å². The summed E-state index contributed by atoms with van der Waals surface area (Å²) < 4.78 is 27.0. The standard InChI is InChI=1S/C29H29FN2O4/c30-25-16-23(27(33)29(34)32-15-14-31-13-7-12-24(31)18-32)17-26(35-19-21-8-3-1-4-9-21)28(25)36-20-22-10-5-2-6-11-22/h1-6,8-11,16-17,24H,7,12-15,18-20H2/t24-/m0/s1. The van der Waals surface area contributed by atoms with Crippen LogP contribution in [0.1, 0.15) is 34.3 Å². The molecule has 0 aromatic heterocycles. The Hall–Kier alpha value is -3.71. The third-order valence-corrected chi connectivity index (χ3v) is 6.80. The van der Waals surface area contributed by atoms with E-state index in [1.54, 1.807) is 4.90 Å². The van der Waals surface area contributed by atoms with Crippen molar-refractivity contribution < 1.29 is 23.5 Å². The number of Topliss-reactive ketones (excluding diaryl/α,β-unsaturated/α-hetero) is 1. The number of carbonyl (C=O) groups is 2. The highest BCUT2D eigenvalue weighted by Gasteiger charge is 2.35. The van der Waals surface area contributed by atoms with Gasteiger partial charge in [0.15, 0.2) is 17.3 Å². The molecule has 1 atom stereocenters. The molecule has 3 aromatic rings. The highest BCUT2D eigenvalue weighted by Crippen LogP contribution is 2.34. The third-order valence-electron chi connectivity index (χ3n) is 6.80. The maximum Gasteiger partial charge on any atom is 0.295 e. The first-order valence-electron chi connectivity index (χ1n) is 12.3. The molecule has 36 heavy (non-hydrogen) atoms. The van der Waals surface area contributed by atoms with Crippen LogP contribution in [0.5, 0.6) is 11.5 Å². The molecular weight excluding hydrogens is 459 g/mol. The molecule has 2 aliphatic rings. The van der Waals surface area contributed by atoms with Gasteiger partial charge in [-0.2, -0.15) is 0 Å². The predicted molar refractivity (Wildman–Crippen MR) is 133 cm³/mol. The van der Waals surface area contributed by atoms with Crippen molar-refractivity contribution in [3.63, 3.8) is 0 Å². The summed E-state index contributed by atoms with van der Waals surface area (Å²) in [5.41, 5.74) is 1.71. The van der Waals surface area contributed by atoms with Gasteiger partial charge < -0.3 is 14.4 Å². The first-order valence-corrected chi connectivity index (χ1v) is 12.3. The fourth-order valence-electron chi connectivity index (χ4n) is 4.85. The number of hydrogen-bond donors (Lipinski definition) is 0.